The van der Waals surface area contributed by atoms with Crippen LogP contribution in [0.2, 0.25) is 0 Å². The molecular formula is C10H11BrF2N2. The molecule has 5 heteroatoms. The molecule has 1 heterocycles. The SMILES string of the molecule is FC1(F)CCCC(c2ncc(Br)cn2)C1. The van der Waals surface area contributed by atoms with Crippen LogP contribution >= 0.6 is 15.9 Å². The van der Waals surface area contributed by atoms with E-state index in [0.717, 1.165) is 10.9 Å². The molecule has 1 aliphatic carbocycles. The minimum Gasteiger partial charge on any atom is -0.240 e. The molecule has 0 radical (unpaired) electrons. The molecule has 0 N–H and O–H groups in total. The lowest BCUT2D eigenvalue weighted by Gasteiger charge is -2.27. The standard InChI is InChI=1S/C10H11BrF2N2/c11-8-5-14-9(15-6-8)7-2-1-3-10(12,13)4-7/h5-7H,1-4H2. The second kappa shape index (κ2) is 4.12. The Hall–Kier alpha value is -0.580. The van der Waals surface area contributed by atoms with Crippen molar-refractivity contribution < 1.29 is 8.78 Å². The van der Waals surface area contributed by atoms with Crippen LogP contribution in [0, 0.1) is 0 Å². The fraction of sp³-hybridized carbons (Fsp3) is 0.600. The van der Waals surface area contributed by atoms with Gasteiger partial charge in [0.15, 0.2) is 0 Å². The lowest BCUT2D eigenvalue weighted by Crippen LogP contribution is -2.25. The summed E-state index contributed by atoms with van der Waals surface area (Å²) in [7, 11) is 0. The first-order valence-electron chi connectivity index (χ1n) is 4.92. The maximum atomic E-state index is 13.2. The van der Waals surface area contributed by atoms with Crippen molar-refractivity contribution >= 4 is 15.9 Å². The van der Waals surface area contributed by atoms with Crippen molar-refractivity contribution in [3.63, 3.8) is 0 Å². The largest absolute Gasteiger partial charge is 0.248 e. The van der Waals surface area contributed by atoms with Crippen LogP contribution in [-0.2, 0) is 0 Å². The summed E-state index contributed by atoms with van der Waals surface area (Å²) in [6.45, 7) is 0. The van der Waals surface area contributed by atoms with Gasteiger partial charge in [-0.1, -0.05) is 0 Å². The van der Waals surface area contributed by atoms with Crippen molar-refractivity contribution in [3.8, 4) is 0 Å². The van der Waals surface area contributed by atoms with Gasteiger partial charge in [0.05, 0.1) is 4.47 Å². The van der Waals surface area contributed by atoms with Crippen LogP contribution in [0.1, 0.15) is 37.4 Å². The zero-order valence-corrected chi connectivity index (χ0v) is 9.67. The van der Waals surface area contributed by atoms with Crippen LogP contribution in [0.5, 0.6) is 0 Å². The third kappa shape index (κ3) is 2.71. The van der Waals surface area contributed by atoms with Crippen molar-refractivity contribution in [2.75, 3.05) is 0 Å². The van der Waals surface area contributed by atoms with Gasteiger partial charge in [0.1, 0.15) is 5.82 Å². The topological polar surface area (TPSA) is 25.8 Å². The number of halogens is 3. The smallest absolute Gasteiger partial charge is 0.240 e. The average molecular weight is 277 g/mol. The summed E-state index contributed by atoms with van der Waals surface area (Å²) in [5.74, 6) is -2.20. The van der Waals surface area contributed by atoms with Gasteiger partial charge in [0, 0.05) is 31.2 Å². The highest BCUT2D eigenvalue weighted by Crippen LogP contribution is 2.40. The van der Waals surface area contributed by atoms with Gasteiger partial charge in [-0.25, -0.2) is 18.7 Å². The molecule has 0 amide bonds. The molecule has 0 aliphatic heterocycles. The number of aromatic nitrogens is 2. The number of hydrogen-bond donors (Lipinski definition) is 0. The lowest BCUT2D eigenvalue weighted by molar-refractivity contribution is -0.0417. The van der Waals surface area contributed by atoms with Crippen molar-refractivity contribution in [1.82, 2.24) is 9.97 Å². The van der Waals surface area contributed by atoms with E-state index >= 15 is 0 Å². The van der Waals surface area contributed by atoms with Crippen molar-refractivity contribution in [2.45, 2.75) is 37.5 Å². The molecule has 0 bridgehead atoms. The summed E-state index contributed by atoms with van der Waals surface area (Å²) in [6, 6.07) is 0. The molecule has 82 valence electrons. The number of rotatable bonds is 1. The van der Waals surface area contributed by atoms with Crippen LogP contribution in [0.25, 0.3) is 0 Å². The minimum atomic E-state index is -2.54. The Labute approximate surface area is 95.3 Å². The Morgan fingerprint density at radius 3 is 2.60 bits per heavy atom. The molecule has 2 rings (SSSR count). The quantitative estimate of drug-likeness (QED) is 0.784. The van der Waals surface area contributed by atoms with E-state index in [9.17, 15) is 8.78 Å². The predicted molar refractivity (Wildman–Crippen MR) is 55.9 cm³/mol. The van der Waals surface area contributed by atoms with Gasteiger partial charge in [0.2, 0.25) is 5.92 Å². The van der Waals surface area contributed by atoms with E-state index in [1.54, 1.807) is 12.4 Å². The molecule has 0 saturated heterocycles. The van der Waals surface area contributed by atoms with Gasteiger partial charge in [-0.15, -0.1) is 0 Å². The minimum absolute atomic E-state index is 0.0000278. The van der Waals surface area contributed by atoms with E-state index in [1.165, 1.54) is 0 Å². The number of alkyl halides is 2. The molecule has 1 atom stereocenters. The first kappa shape index (κ1) is 10.9. The maximum Gasteiger partial charge on any atom is 0.248 e. The fourth-order valence-corrected chi connectivity index (χ4v) is 2.13. The highest BCUT2D eigenvalue weighted by molar-refractivity contribution is 9.10. The summed E-state index contributed by atoms with van der Waals surface area (Å²) < 4.78 is 27.1. The van der Waals surface area contributed by atoms with Crippen LogP contribution in [-0.4, -0.2) is 15.9 Å². The first-order valence-corrected chi connectivity index (χ1v) is 5.71. The van der Waals surface area contributed by atoms with Gasteiger partial charge in [-0.05, 0) is 28.8 Å². The summed E-state index contributed by atoms with van der Waals surface area (Å²) in [5.41, 5.74) is 0. The zero-order valence-electron chi connectivity index (χ0n) is 8.09. The van der Waals surface area contributed by atoms with E-state index in [4.69, 9.17) is 0 Å². The Morgan fingerprint density at radius 1 is 1.33 bits per heavy atom. The Bertz CT molecular complexity index is 340. The number of hydrogen-bond acceptors (Lipinski definition) is 2. The molecule has 0 aromatic carbocycles. The Kier molecular flexibility index (Phi) is 3.00. The summed E-state index contributed by atoms with van der Waals surface area (Å²) in [6.07, 6.45) is 4.41. The van der Waals surface area contributed by atoms with E-state index in [2.05, 4.69) is 25.9 Å². The summed E-state index contributed by atoms with van der Waals surface area (Å²) in [5, 5.41) is 0. The third-order valence-electron chi connectivity index (χ3n) is 2.65. The molecule has 0 spiro atoms. The third-order valence-corrected chi connectivity index (χ3v) is 3.06. The van der Waals surface area contributed by atoms with Crippen molar-refractivity contribution in [1.29, 1.82) is 0 Å². The molecule has 1 fully saturated rings. The van der Waals surface area contributed by atoms with Crippen LogP contribution in [0.4, 0.5) is 8.78 Å². The maximum absolute atomic E-state index is 13.2. The second-order valence-electron chi connectivity index (χ2n) is 3.91. The first-order chi connectivity index (χ1) is 7.07. The van der Waals surface area contributed by atoms with Gasteiger partial charge in [-0.3, -0.25) is 0 Å². The molecule has 1 aromatic heterocycles. The van der Waals surface area contributed by atoms with E-state index in [1.807, 2.05) is 0 Å². The van der Waals surface area contributed by atoms with E-state index in [0.29, 0.717) is 12.2 Å². The second-order valence-corrected chi connectivity index (χ2v) is 4.82. The highest BCUT2D eigenvalue weighted by atomic mass is 79.9. The monoisotopic (exact) mass is 276 g/mol. The molecular weight excluding hydrogens is 266 g/mol. The van der Waals surface area contributed by atoms with Gasteiger partial charge in [0.25, 0.3) is 0 Å². The van der Waals surface area contributed by atoms with Gasteiger partial charge < -0.3 is 0 Å². The summed E-state index contributed by atoms with van der Waals surface area (Å²) in [4.78, 5) is 8.15. The van der Waals surface area contributed by atoms with Crippen LogP contribution in [0.3, 0.4) is 0 Å². The normalized spacial score (nSPS) is 25.1. The van der Waals surface area contributed by atoms with Crippen molar-refractivity contribution in [2.24, 2.45) is 0 Å². The molecule has 1 aromatic rings. The molecule has 1 saturated carbocycles. The summed E-state index contributed by atoms with van der Waals surface area (Å²) >= 11 is 3.22. The van der Waals surface area contributed by atoms with E-state index in [-0.39, 0.29) is 18.8 Å². The van der Waals surface area contributed by atoms with Crippen LogP contribution < -0.4 is 0 Å². The molecule has 15 heavy (non-hydrogen) atoms. The van der Waals surface area contributed by atoms with Gasteiger partial charge >= 0.3 is 0 Å². The lowest BCUT2D eigenvalue weighted by atomic mass is 9.86. The Morgan fingerprint density at radius 2 is 2.00 bits per heavy atom. The predicted octanol–water partition coefficient (Wildman–Crippen LogP) is 3.53. The zero-order chi connectivity index (χ0) is 10.9. The average Bonchev–Trinajstić information content (AvgIpc) is 2.17. The Balaban J connectivity index is 2.13. The van der Waals surface area contributed by atoms with Crippen molar-refractivity contribution in [3.05, 3.63) is 22.7 Å². The van der Waals surface area contributed by atoms with Crippen LogP contribution in [0.15, 0.2) is 16.9 Å². The van der Waals surface area contributed by atoms with Gasteiger partial charge in [-0.2, -0.15) is 0 Å². The molecule has 1 unspecified atom stereocenters. The highest BCUT2D eigenvalue weighted by Gasteiger charge is 2.37. The van der Waals surface area contributed by atoms with E-state index < -0.39 is 5.92 Å². The fourth-order valence-electron chi connectivity index (χ4n) is 1.93. The molecule has 1 aliphatic rings. The number of nitrogens with zero attached hydrogens (tertiary/aromatic N) is 2. The molecule has 2 nitrogen and oxygen atoms in total.